The Morgan fingerprint density at radius 3 is 2.71 bits per heavy atom. The number of hydrogen-bond donors (Lipinski definition) is 2. The van der Waals surface area contributed by atoms with Crippen LogP contribution in [-0.4, -0.2) is 79.2 Å². The quantitative estimate of drug-likeness (QED) is 0.363. The molecule has 178 valence electrons. The van der Waals surface area contributed by atoms with Crippen LogP contribution in [0.25, 0.3) is 0 Å². The van der Waals surface area contributed by atoms with Gasteiger partial charge in [0.15, 0.2) is 5.96 Å². The van der Waals surface area contributed by atoms with E-state index in [0.29, 0.717) is 31.3 Å². The average Bonchev–Trinajstić information content (AvgIpc) is 2.92. The fourth-order valence-electron chi connectivity index (χ4n) is 4.02. The third kappa shape index (κ3) is 9.78. The van der Waals surface area contributed by atoms with Crippen LogP contribution in [0.3, 0.4) is 0 Å². The number of carbonyl (C=O) groups excluding carboxylic acids is 2. The second-order valence-corrected chi connectivity index (χ2v) is 9.63. The Bertz CT molecular complexity index is 603. The standard InChI is InChI=1S/C23H43N5O3/c1-5-24-21(25-13-10-16-27-14-8-6-7-12-20(27)29)26-17-19-11-9-15-28(18-19)22(30)31-23(2,3)4/h19H,5-18H2,1-4H3,(H2,24,25,26). The molecule has 2 saturated heterocycles. The number of likely N-dealkylation sites (tertiary alicyclic amines) is 2. The Labute approximate surface area is 188 Å². The van der Waals surface area contributed by atoms with Crippen LogP contribution in [0, 0.1) is 5.92 Å². The predicted octanol–water partition coefficient (Wildman–Crippen LogP) is 2.98. The maximum absolute atomic E-state index is 12.4. The highest BCUT2D eigenvalue weighted by molar-refractivity contribution is 5.79. The minimum Gasteiger partial charge on any atom is -0.444 e. The summed E-state index contributed by atoms with van der Waals surface area (Å²) in [5.74, 6) is 1.44. The van der Waals surface area contributed by atoms with Crippen molar-refractivity contribution in [3.05, 3.63) is 0 Å². The molecule has 2 fully saturated rings. The van der Waals surface area contributed by atoms with Gasteiger partial charge in [0.2, 0.25) is 5.91 Å². The number of hydrogen-bond acceptors (Lipinski definition) is 4. The average molecular weight is 438 g/mol. The summed E-state index contributed by atoms with van der Waals surface area (Å²) in [6.45, 7) is 13.1. The van der Waals surface area contributed by atoms with Gasteiger partial charge in [-0.15, -0.1) is 0 Å². The summed E-state index contributed by atoms with van der Waals surface area (Å²) in [4.78, 5) is 33.0. The normalized spacial score (nSPS) is 21.0. The number of piperidine rings is 1. The fraction of sp³-hybridized carbons (Fsp3) is 0.870. The summed E-state index contributed by atoms with van der Waals surface area (Å²) in [6, 6.07) is 0. The Morgan fingerprint density at radius 1 is 1.16 bits per heavy atom. The van der Waals surface area contributed by atoms with Crippen LogP contribution >= 0.6 is 0 Å². The second-order valence-electron chi connectivity index (χ2n) is 9.63. The van der Waals surface area contributed by atoms with Crippen molar-refractivity contribution in [1.29, 1.82) is 0 Å². The first-order valence-corrected chi connectivity index (χ1v) is 12.1. The topological polar surface area (TPSA) is 86.3 Å². The summed E-state index contributed by atoms with van der Waals surface area (Å²) in [6.07, 6.45) is 6.72. The summed E-state index contributed by atoms with van der Waals surface area (Å²) >= 11 is 0. The SMILES string of the molecule is CCNC(=NCC1CCCN(C(=O)OC(C)(C)C)C1)NCCCN1CCCCCC1=O. The summed E-state index contributed by atoms with van der Waals surface area (Å²) in [5, 5.41) is 6.69. The van der Waals surface area contributed by atoms with Gasteiger partial charge in [0.05, 0.1) is 0 Å². The minimum atomic E-state index is -0.470. The van der Waals surface area contributed by atoms with E-state index in [0.717, 1.165) is 77.2 Å². The predicted molar refractivity (Wildman–Crippen MR) is 124 cm³/mol. The van der Waals surface area contributed by atoms with Crippen molar-refractivity contribution in [1.82, 2.24) is 20.4 Å². The number of aliphatic imine (C=N–C) groups is 1. The third-order valence-corrected chi connectivity index (χ3v) is 5.59. The van der Waals surface area contributed by atoms with Crippen molar-refractivity contribution in [2.45, 2.75) is 78.2 Å². The molecule has 2 amide bonds. The molecule has 1 unspecified atom stereocenters. The molecule has 0 aromatic carbocycles. The highest BCUT2D eigenvalue weighted by atomic mass is 16.6. The van der Waals surface area contributed by atoms with Gasteiger partial charge >= 0.3 is 6.09 Å². The lowest BCUT2D eigenvalue weighted by Crippen LogP contribution is -2.44. The zero-order chi connectivity index (χ0) is 22.7. The summed E-state index contributed by atoms with van der Waals surface area (Å²) in [5.41, 5.74) is -0.470. The molecule has 0 saturated carbocycles. The van der Waals surface area contributed by atoms with E-state index in [1.807, 2.05) is 30.6 Å². The molecule has 1 atom stereocenters. The van der Waals surface area contributed by atoms with Crippen LogP contribution in [0.2, 0.25) is 0 Å². The zero-order valence-electron chi connectivity index (χ0n) is 20.0. The van der Waals surface area contributed by atoms with Crippen LogP contribution in [0.5, 0.6) is 0 Å². The van der Waals surface area contributed by atoms with E-state index in [1.54, 1.807) is 0 Å². The first kappa shape index (κ1) is 25.3. The van der Waals surface area contributed by atoms with Crippen molar-refractivity contribution < 1.29 is 14.3 Å². The van der Waals surface area contributed by atoms with Gasteiger partial charge in [-0.3, -0.25) is 9.79 Å². The van der Waals surface area contributed by atoms with Crippen molar-refractivity contribution >= 4 is 18.0 Å². The highest BCUT2D eigenvalue weighted by Gasteiger charge is 2.27. The summed E-state index contributed by atoms with van der Waals surface area (Å²) in [7, 11) is 0. The van der Waals surface area contributed by atoms with Crippen LogP contribution in [0.1, 0.15) is 72.6 Å². The molecule has 0 aromatic rings. The maximum atomic E-state index is 12.4. The molecule has 2 heterocycles. The molecular formula is C23H43N5O3. The number of rotatable bonds is 7. The lowest BCUT2D eigenvalue weighted by molar-refractivity contribution is -0.130. The molecule has 2 N–H and O–H groups in total. The number of amides is 2. The molecule has 0 bridgehead atoms. The minimum absolute atomic E-state index is 0.228. The van der Waals surface area contributed by atoms with Crippen molar-refractivity contribution in [2.24, 2.45) is 10.9 Å². The molecule has 2 rings (SSSR count). The molecule has 0 aromatic heterocycles. The first-order chi connectivity index (χ1) is 14.8. The third-order valence-electron chi connectivity index (χ3n) is 5.59. The number of nitrogens with one attached hydrogen (secondary N) is 2. The smallest absolute Gasteiger partial charge is 0.410 e. The maximum Gasteiger partial charge on any atom is 0.410 e. The monoisotopic (exact) mass is 437 g/mol. The van der Waals surface area contributed by atoms with Crippen molar-refractivity contribution in [2.75, 3.05) is 45.8 Å². The van der Waals surface area contributed by atoms with E-state index >= 15 is 0 Å². The van der Waals surface area contributed by atoms with Gasteiger partial charge in [0, 0.05) is 52.2 Å². The number of nitrogens with zero attached hydrogens (tertiary/aromatic N) is 3. The molecule has 0 aliphatic carbocycles. The van der Waals surface area contributed by atoms with E-state index in [1.165, 1.54) is 0 Å². The van der Waals surface area contributed by atoms with Crippen LogP contribution < -0.4 is 10.6 Å². The van der Waals surface area contributed by atoms with E-state index in [9.17, 15) is 9.59 Å². The lowest BCUT2D eigenvalue weighted by atomic mass is 9.98. The van der Waals surface area contributed by atoms with Crippen molar-refractivity contribution in [3.63, 3.8) is 0 Å². The Morgan fingerprint density at radius 2 is 1.97 bits per heavy atom. The Hall–Kier alpha value is -1.99. The Kier molecular flexibility index (Phi) is 10.4. The van der Waals surface area contributed by atoms with Crippen LogP contribution in [0.15, 0.2) is 4.99 Å². The molecule has 8 nitrogen and oxygen atoms in total. The van der Waals surface area contributed by atoms with Gasteiger partial charge in [-0.1, -0.05) is 6.42 Å². The van der Waals surface area contributed by atoms with Gasteiger partial charge < -0.3 is 25.2 Å². The van der Waals surface area contributed by atoms with Gasteiger partial charge in [0.25, 0.3) is 0 Å². The zero-order valence-corrected chi connectivity index (χ0v) is 20.0. The molecule has 2 aliphatic heterocycles. The van der Waals surface area contributed by atoms with Gasteiger partial charge in [-0.25, -0.2) is 4.79 Å². The number of carbonyl (C=O) groups is 2. The summed E-state index contributed by atoms with van der Waals surface area (Å²) < 4.78 is 5.52. The van der Waals surface area contributed by atoms with E-state index in [4.69, 9.17) is 9.73 Å². The van der Waals surface area contributed by atoms with Crippen LogP contribution in [-0.2, 0) is 9.53 Å². The Balaban J connectivity index is 1.76. The molecule has 0 spiro atoms. The van der Waals surface area contributed by atoms with E-state index in [-0.39, 0.29) is 6.09 Å². The van der Waals surface area contributed by atoms with E-state index in [2.05, 4.69) is 17.6 Å². The van der Waals surface area contributed by atoms with Gasteiger partial charge in [0.1, 0.15) is 5.60 Å². The number of ether oxygens (including phenoxy) is 1. The lowest BCUT2D eigenvalue weighted by Gasteiger charge is -2.33. The molecule has 31 heavy (non-hydrogen) atoms. The molecule has 8 heteroatoms. The number of guanidine groups is 1. The van der Waals surface area contributed by atoms with Gasteiger partial charge in [-0.05, 0) is 65.7 Å². The molecule has 0 radical (unpaired) electrons. The first-order valence-electron chi connectivity index (χ1n) is 12.1. The fourth-order valence-corrected chi connectivity index (χ4v) is 4.02. The second kappa shape index (κ2) is 12.8. The van der Waals surface area contributed by atoms with Gasteiger partial charge in [-0.2, -0.15) is 0 Å². The molecular weight excluding hydrogens is 394 g/mol. The molecule has 2 aliphatic rings. The highest BCUT2D eigenvalue weighted by Crippen LogP contribution is 2.19. The van der Waals surface area contributed by atoms with Crippen molar-refractivity contribution in [3.8, 4) is 0 Å². The largest absolute Gasteiger partial charge is 0.444 e. The van der Waals surface area contributed by atoms with Crippen LogP contribution in [0.4, 0.5) is 4.79 Å². The van der Waals surface area contributed by atoms with E-state index < -0.39 is 5.60 Å².